The fourth-order valence-corrected chi connectivity index (χ4v) is 6.14. The highest BCUT2D eigenvalue weighted by Gasteiger charge is 2.40. The molecule has 0 bridgehead atoms. The number of rotatable bonds is 10. The Morgan fingerprint density at radius 1 is 0.976 bits per heavy atom. The van der Waals surface area contributed by atoms with Gasteiger partial charge in [0.2, 0.25) is 0 Å². The van der Waals surface area contributed by atoms with E-state index in [4.69, 9.17) is 24.4 Å². The number of methoxy groups -OCH3 is 2. The average Bonchev–Trinajstić information content (AvgIpc) is 2.98. The lowest BCUT2D eigenvalue weighted by atomic mass is 9.85. The minimum absolute atomic E-state index is 0.0687. The number of nitrogens with two attached hydrogens (primary N) is 1. The number of ether oxygens (including phenoxy) is 3. The molecule has 2 N–H and O–H groups in total. The average molecular weight is 591 g/mol. The molecule has 1 amide bonds. The first-order valence-corrected chi connectivity index (χ1v) is 17.6. The molecule has 42 heavy (non-hydrogen) atoms. The monoisotopic (exact) mass is 590 g/mol. The first-order valence-electron chi connectivity index (χ1n) is 14.7. The lowest BCUT2D eigenvalue weighted by molar-refractivity contribution is 0.0486. The summed E-state index contributed by atoms with van der Waals surface area (Å²) in [7, 11) is 1.22. The molecular formula is C34H46N2O5Si. The molecule has 4 rings (SSSR count). The van der Waals surface area contributed by atoms with Gasteiger partial charge >= 0.3 is 0 Å². The molecule has 8 heteroatoms. The maximum atomic E-state index is 14.1. The van der Waals surface area contributed by atoms with Crippen molar-refractivity contribution in [1.29, 1.82) is 0 Å². The fourth-order valence-electron chi connectivity index (χ4n) is 5.10. The maximum absolute atomic E-state index is 14.1. The number of piperidine rings is 1. The van der Waals surface area contributed by atoms with Gasteiger partial charge in [0.25, 0.3) is 5.91 Å². The van der Waals surface area contributed by atoms with Crippen LogP contribution in [0.3, 0.4) is 0 Å². The van der Waals surface area contributed by atoms with Gasteiger partial charge in [-0.1, -0.05) is 63.2 Å². The molecule has 7 nitrogen and oxygen atoms in total. The number of anilines is 1. The van der Waals surface area contributed by atoms with Crippen molar-refractivity contribution in [2.75, 3.05) is 33.1 Å². The summed E-state index contributed by atoms with van der Waals surface area (Å²) in [5.74, 6) is 2.02. The number of nitrogens with zero attached hydrogens (tertiary/aromatic N) is 1. The van der Waals surface area contributed by atoms with Gasteiger partial charge in [0.1, 0.15) is 12.4 Å². The fraction of sp³-hybridized carbons (Fsp3) is 0.441. The normalized spacial score (nSPS) is 17.5. The number of hydrogen-bond acceptors (Lipinski definition) is 6. The van der Waals surface area contributed by atoms with E-state index in [1.807, 2.05) is 47.4 Å². The van der Waals surface area contributed by atoms with Crippen LogP contribution in [0.25, 0.3) is 0 Å². The van der Waals surface area contributed by atoms with Crippen molar-refractivity contribution in [2.24, 2.45) is 0 Å². The summed E-state index contributed by atoms with van der Waals surface area (Å²) in [6.45, 7) is 12.7. The van der Waals surface area contributed by atoms with Crippen molar-refractivity contribution in [3.05, 3.63) is 83.4 Å². The van der Waals surface area contributed by atoms with Crippen molar-refractivity contribution in [3.63, 3.8) is 0 Å². The highest BCUT2D eigenvalue weighted by atomic mass is 28.4. The number of carbonyl (C=O) groups is 1. The molecule has 1 heterocycles. The van der Waals surface area contributed by atoms with Crippen LogP contribution in [0.5, 0.6) is 17.2 Å². The van der Waals surface area contributed by atoms with E-state index in [0.29, 0.717) is 48.4 Å². The van der Waals surface area contributed by atoms with Crippen LogP contribution in [0.2, 0.25) is 18.1 Å². The zero-order valence-corrected chi connectivity index (χ0v) is 27.1. The first-order chi connectivity index (χ1) is 19.9. The third kappa shape index (κ3) is 7.28. The van der Waals surface area contributed by atoms with E-state index in [1.54, 1.807) is 26.4 Å². The number of likely N-dealkylation sites (tertiary alicyclic amines) is 1. The number of carbonyl (C=O) groups excluding carboxylic acids is 1. The standard InChI is InChI=1S/C34H46N2O5Si/c1-34(2,3)42(6,7)41-23-27-19-26(25-13-15-28(38-4)16-14-25)17-18-36(27)33(37)29-20-31(39-5)32(21-30(29)35)40-22-24-11-9-8-10-12-24/h8-16,20-21,26-27H,17-19,22-23,35H2,1-7H3. The Bertz CT molecular complexity index is 1340. The van der Waals surface area contributed by atoms with Crippen LogP contribution < -0.4 is 19.9 Å². The minimum atomic E-state index is -2.03. The molecule has 1 saturated heterocycles. The zero-order valence-electron chi connectivity index (χ0n) is 26.1. The van der Waals surface area contributed by atoms with E-state index in [2.05, 4.69) is 46.0 Å². The third-order valence-electron chi connectivity index (χ3n) is 8.81. The molecule has 2 unspecified atom stereocenters. The minimum Gasteiger partial charge on any atom is -0.497 e. The maximum Gasteiger partial charge on any atom is 0.256 e. The Kier molecular flexibility index (Phi) is 9.89. The summed E-state index contributed by atoms with van der Waals surface area (Å²) in [4.78, 5) is 16.1. The second kappa shape index (κ2) is 13.2. The predicted molar refractivity (Wildman–Crippen MR) is 171 cm³/mol. The van der Waals surface area contributed by atoms with Crippen LogP contribution in [0, 0.1) is 0 Å². The first kappa shape index (κ1) is 31.4. The van der Waals surface area contributed by atoms with Crippen LogP contribution in [0.15, 0.2) is 66.7 Å². The van der Waals surface area contributed by atoms with E-state index >= 15 is 0 Å². The summed E-state index contributed by atoms with van der Waals surface area (Å²) in [6.07, 6.45) is 1.66. The molecule has 3 aromatic carbocycles. The Hall–Kier alpha value is -3.49. The smallest absolute Gasteiger partial charge is 0.256 e. The molecule has 1 fully saturated rings. The van der Waals surface area contributed by atoms with Gasteiger partial charge in [-0.15, -0.1) is 0 Å². The van der Waals surface area contributed by atoms with Crippen LogP contribution in [-0.2, 0) is 11.0 Å². The molecule has 0 saturated carbocycles. The Morgan fingerprint density at radius 2 is 1.67 bits per heavy atom. The van der Waals surface area contributed by atoms with Crippen LogP contribution >= 0.6 is 0 Å². The highest BCUT2D eigenvalue weighted by molar-refractivity contribution is 6.74. The largest absolute Gasteiger partial charge is 0.497 e. The summed E-state index contributed by atoms with van der Waals surface area (Å²) in [5.41, 5.74) is 9.56. The van der Waals surface area contributed by atoms with Crippen molar-refractivity contribution < 1.29 is 23.4 Å². The summed E-state index contributed by atoms with van der Waals surface area (Å²) < 4.78 is 23.7. The molecule has 1 aliphatic heterocycles. The quantitative estimate of drug-likeness (QED) is 0.197. The number of amides is 1. The molecule has 1 aliphatic rings. The van der Waals surface area contributed by atoms with Gasteiger partial charge in [-0.05, 0) is 66.2 Å². The van der Waals surface area contributed by atoms with Crippen molar-refractivity contribution in [2.45, 2.75) is 70.3 Å². The molecular weight excluding hydrogens is 544 g/mol. The van der Waals surface area contributed by atoms with Crippen molar-refractivity contribution in [3.8, 4) is 17.2 Å². The number of hydrogen-bond donors (Lipinski definition) is 1. The van der Waals surface area contributed by atoms with E-state index < -0.39 is 8.32 Å². The van der Waals surface area contributed by atoms with E-state index in [-0.39, 0.29) is 17.0 Å². The van der Waals surface area contributed by atoms with Gasteiger partial charge in [-0.25, -0.2) is 0 Å². The summed E-state index contributed by atoms with van der Waals surface area (Å²) in [6, 6.07) is 21.5. The second-order valence-corrected chi connectivity index (χ2v) is 17.4. The Morgan fingerprint density at radius 3 is 2.29 bits per heavy atom. The number of benzene rings is 3. The van der Waals surface area contributed by atoms with E-state index in [0.717, 1.165) is 24.2 Å². The lowest BCUT2D eigenvalue weighted by Crippen LogP contribution is -2.51. The van der Waals surface area contributed by atoms with E-state index in [9.17, 15) is 4.79 Å². The highest BCUT2D eigenvalue weighted by Crippen LogP contribution is 2.40. The van der Waals surface area contributed by atoms with Gasteiger partial charge in [0.05, 0.1) is 32.4 Å². The van der Waals surface area contributed by atoms with Crippen LogP contribution in [0.4, 0.5) is 5.69 Å². The third-order valence-corrected chi connectivity index (χ3v) is 13.3. The van der Waals surface area contributed by atoms with Gasteiger partial charge in [0.15, 0.2) is 19.8 Å². The molecule has 0 radical (unpaired) electrons. The molecule has 0 aliphatic carbocycles. The van der Waals surface area contributed by atoms with Gasteiger partial charge in [-0.3, -0.25) is 4.79 Å². The molecule has 2 atom stereocenters. The Balaban J connectivity index is 1.58. The van der Waals surface area contributed by atoms with Gasteiger partial charge < -0.3 is 29.3 Å². The lowest BCUT2D eigenvalue weighted by Gasteiger charge is -2.43. The van der Waals surface area contributed by atoms with Crippen LogP contribution in [0.1, 0.15) is 61.0 Å². The van der Waals surface area contributed by atoms with Crippen molar-refractivity contribution >= 4 is 19.9 Å². The Labute approximate surface area is 252 Å². The zero-order chi connectivity index (χ0) is 30.5. The SMILES string of the molecule is COc1ccc(C2CCN(C(=O)c3cc(OC)c(OCc4ccccc4)cc3N)C(CO[Si](C)(C)C(C)(C)C)C2)cc1. The van der Waals surface area contributed by atoms with Gasteiger partial charge in [0, 0.05) is 18.3 Å². The van der Waals surface area contributed by atoms with E-state index in [1.165, 1.54) is 5.56 Å². The molecule has 3 aromatic rings. The van der Waals surface area contributed by atoms with Gasteiger partial charge in [-0.2, -0.15) is 0 Å². The van der Waals surface area contributed by atoms with Crippen LogP contribution in [-0.4, -0.2) is 52.5 Å². The van der Waals surface area contributed by atoms with Crippen molar-refractivity contribution in [1.82, 2.24) is 4.90 Å². The second-order valence-electron chi connectivity index (χ2n) is 12.6. The predicted octanol–water partition coefficient (Wildman–Crippen LogP) is 7.28. The topological polar surface area (TPSA) is 83.2 Å². The molecule has 0 aromatic heterocycles. The summed E-state index contributed by atoms with van der Waals surface area (Å²) in [5, 5.41) is 0.0687. The summed E-state index contributed by atoms with van der Waals surface area (Å²) >= 11 is 0. The molecule has 0 spiro atoms. The number of nitrogen functional groups attached to an aromatic ring is 1. The molecule has 226 valence electrons.